The number of aliphatic carboxylic acids is 1. The largest absolute Gasteiger partial charge is 0.480 e. The van der Waals surface area contributed by atoms with E-state index in [1.165, 1.54) is 6.33 Å². The monoisotopic (exact) mass is 582 g/mol. The van der Waals surface area contributed by atoms with Crippen LogP contribution in [0.25, 0.3) is 28.2 Å². The molecule has 1 aliphatic heterocycles. The zero-order valence-corrected chi connectivity index (χ0v) is 22.5. The van der Waals surface area contributed by atoms with Crippen LogP contribution < -0.4 is 20.9 Å². The summed E-state index contributed by atoms with van der Waals surface area (Å²) < 4.78 is 1.86. The third-order valence-corrected chi connectivity index (χ3v) is 6.88. The summed E-state index contributed by atoms with van der Waals surface area (Å²) in [4.78, 5) is 51.6. The standard InChI is InChI=1S/C26H24Cl2N8O4/c27-15-5-7-16(8-6-15)36-23(17-3-1-2-4-18(17)28)34-22-24(32-14-33-25(22)36)35-10-9-29-11-19(35)26(40)31-12-20(37)30-13-21(38)39/h1-8,14,19,29H,9-13H2,(H,30,37)(H,31,40)(H,38,39). The highest BCUT2D eigenvalue weighted by atomic mass is 35.5. The highest BCUT2D eigenvalue weighted by Gasteiger charge is 2.32. The van der Waals surface area contributed by atoms with Crippen molar-refractivity contribution < 1.29 is 19.5 Å². The third-order valence-electron chi connectivity index (χ3n) is 6.30. The van der Waals surface area contributed by atoms with Crippen LogP contribution in [0, 0.1) is 0 Å². The summed E-state index contributed by atoms with van der Waals surface area (Å²) in [5.74, 6) is -1.22. The molecule has 0 radical (unpaired) electrons. The van der Waals surface area contributed by atoms with Crippen LogP contribution in [0.5, 0.6) is 0 Å². The number of benzene rings is 2. The first-order valence-electron chi connectivity index (χ1n) is 12.3. The van der Waals surface area contributed by atoms with Crippen LogP contribution in [0.3, 0.4) is 0 Å². The predicted octanol–water partition coefficient (Wildman–Crippen LogP) is 1.88. The topological polar surface area (TPSA) is 154 Å². The van der Waals surface area contributed by atoms with Gasteiger partial charge in [-0.05, 0) is 36.4 Å². The van der Waals surface area contributed by atoms with E-state index in [0.29, 0.717) is 58.0 Å². The fourth-order valence-electron chi connectivity index (χ4n) is 4.46. The molecule has 4 aromatic rings. The van der Waals surface area contributed by atoms with Gasteiger partial charge in [0.25, 0.3) is 0 Å². The van der Waals surface area contributed by atoms with E-state index in [0.717, 1.165) is 5.69 Å². The summed E-state index contributed by atoms with van der Waals surface area (Å²) in [6, 6.07) is 13.8. The SMILES string of the molecule is O=C(O)CNC(=O)CNC(=O)C1CNCCN1c1ncnc2c1nc(-c1ccccc1Cl)n2-c1ccc(Cl)cc1. The van der Waals surface area contributed by atoms with Crippen molar-refractivity contribution in [3.8, 4) is 17.1 Å². The van der Waals surface area contributed by atoms with E-state index < -0.39 is 30.4 Å². The third kappa shape index (κ3) is 5.69. The number of anilines is 1. The number of piperazine rings is 1. The van der Waals surface area contributed by atoms with Crippen molar-refractivity contribution in [1.29, 1.82) is 0 Å². The number of carbonyl (C=O) groups is 3. The smallest absolute Gasteiger partial charge is 0.322 e. The number of nitrogens with one attached hydrogen (secondary N) is 3. The summed E-state index contributed by atoms with van der Waals surface area (Å²) >= 11 is 12.7. The fraction of sp³-hybridized carbons (Fsp3) is 0.231. The highest BCUT2D eigenvalue weighted by molar-refractivity contribution is 6.33. The van der Waals surface area contributed by atoms with E-state index >= 15 is 0 Å². The highest BCUT2D eigenvalue weighted by Crippen LogP contribution is 2.35. The van der Waals surface area contributed by atoms with Gasteiger partial charge in [0.2, 0.25) is 11.8 Å². The molecule has 1 atom stereocenters. The molecule has 2 aromatic heterocycles. The van der Waals surface area contributed by atoms with Crippen molar-refractivity contribution in [3.63, 3.8) is 0 Å². The number of aromatic nitrogens is 4. The van der Waals surface area contributed by atoms with Crippen molar-refractivity contribution in [2.75, 3.05) is 37.6 Å². The molecule has 5 rings (SSSR count). The van der Waals surface area contributed by atoms with E-state index in [1.807, 2.05) is 39.8 Å². The zero-order chi connectivity index (χ0) is 28.2. The number of carboxylic acid groups (broad SMARTS) is 1. The molecular weight excluding hydrogens is 559 g/mol. The second-order valence-corrected chi connectivity index (χ2v) is 9.74. The predicted molar refractivity (Wildman–Crippen MR) is 150 cm³/mol. The number of hydrogen-bond donors (Lipinski definition) is 4. The Kier molecular flexibility index (Phi) is 8.10. The number of hydrogen-bond acceptors (Lipinski definition) is 8. The zero-order valence-electron chi connectivity index (χ0n) is 21.0. The first-order valence-corrected chi connectivity index (χ1v) is 13.1. The molecule has 2 aromatic carbocycles. The molecule has 1 unspecified atom stereocenters. The molecule has 0 spiro atoms. The Morgan fingerprint density at radius 2 is 1.80 bits per heavy atom. The number of amides is 2. The molecule has 206 valence electrons. The summed E-state index contributed by atoms with van der Waals surface area (Å²) in [5, 5.41) is 17.8. The fourth-order valence-corrected chi connectivity index (χ4v) is 4.81. The number of fused-ring (bicyclic) bond motifs is 1. The Bertz CT molecular complexity index is 1580. The van der Waals surface area contributed by atoms with Gasteiger partial charge in [0.05, 0.1) is 11.6 Å². The normalized spacial score (nSPS) is 15.2. The maximum absolute atomic E-state index is 13.2. The molecular formula is C26H24Cl2N8O4. The minimum Gasteiger partial charge on any atom is -0.480 e. The van der Waals surface area contributed by atoms with Gasteiger partial charge < -0.3 is 26.0 Å². The Morgan fingerprint density at radius 3 is 2.55 bits per heavy atom. The Labute approximate surface area is 238 Å². The van der Waals surface area contributed by atoms with Crippen molar-refractivity contribution >= 4 is 58.0 Å². The van der Waals surface area contributed by atoms with Crippen LogP contribution in [0.4, 0.5) is 5.82 Å². The minimum absolute atomic E-state index is 0.295. The van der Waals surface area contributed by atoms with E-state index in [9.17, 15) is 14.4 Å². The van der Waals surface area contributed by atoms with E-state index in [1.54, 1.807) is 18.2 Å². The lowest BCUT2D eigenvalue weighted by Gasteiger charge is -2.35. The van der Waals surface area contributed by atoms with Crippen molar-refractivity contribution in [3.05, 3.63) is 64.9 Å². The molecule has 0 saturated carbocycles. The summed E-state index contributed by atoms with van der Waals surface area (Å²) in [6.45, 7) is 0.421. The van der Waals surface area contributed by atoms with Gasteiger partial charge in [-0.15, -0.1) is 0 Å². The second kappa shape index (κ2) is 11.9. The van der Waals surface area contributed by atoms with E-state index in [4.69, 9.17) is 33.3 Å². The van der Waals surface area contributed by atoms with Crippen LogP contribution in [0.15, 0.2) is 54.9 Å². The molecule has 12 nitrogen and oxygen atoms in total. The summed E-state index contributed by atoms with van der Waals surface area (Å²) in [7, 11) is 0. The van der Waals surface area contributed by atoms with Crippen LogP contribution in [-0.4, -0.2) is 81.2 Å². The van der Waals surface area contributed by atoms with Crippen molar-refractivity contribution in [2.24, 2.45) is 0 Å². The lowest BCUT2D eigenvalue weighted by molar-refractivity contribution is -0.137. The molecule has 1 saturated heterocycles. The van der Waals surface area contributed by atoms with Crippen molar-refractivity contribution in [1.82, 2.24) is 35.5 Å². The molecule has 2 amide bonds. The van der Waals surface area contributed by atoms with Gasteiger partial charge in [0, 0.05) is 35.9 Å². The molecule has 3 heterocycles. The Morgan fingerprint density at radius 1 is 1.02 bits per heavy atom. The molecule has 1 fully saturated rings. The maximum Gasteiger partial charge on any atom is 0.322 e. The Hall–Kier alpha value is -4.26. The van der Waals surface area contributed by atoms with Crippen LogP contribution >= 0.6 is 23.2 Å². The second-order valence-electron chi connectivity index (χ2n) is 8.90. The van der Waals surface area contributed by atoms with Gasteiger partial charge >= 0.3 is 5.97 Å². The van der Waals surface area contributed by atoms with Gasteiger partial charge in [-0.3, -0.25) is 19.0 Å². The average Bonchev–Trinajstić information content (AvgIpc) is 3.35. The van der Waals surface area contributed by atoms with Gasteiger partial charge in [-0.25, -0.2) is 15.0 Å². The van der Waals surface area contributed by atoms with Gasteiger partial charge in [-0.2, -0.15) is 0 Å². The van der Waals surface area contributed by atoms with Crippen LogP contribution in [0.1, 0.15) is 0 Å². The molecule has 1 aliphatic rings. The van der Waals surface area contributed by atoms with Gasteiger partial charge in [0.1, 0.15) is 24.7 Å². The quantitative estimate of drug-likeness (QED) is 0.244. The summed E-state index contributed by atoms with van der Waals surface area (Å²) in [6.07, 6.45) is 1.42. The maximum atomic E-state index is 13.2. The first-order chi connectivity index (χ1) is 19.3. The molecule has 4 N–H and O–H groups in total. The van der Waals surface area contributed by atoms with E-state index in [-0.39, 0.29) is 6.54 Å². The molecule has 0 aliphatic carbocycles. The van der Waals surface area contributed by atoms with E-state index in [2.05, 4.69) is 25.9 Å². The number of carbonyl (C=O) groups excluding carboxylic acids is 2. The van der Waals surface area contributed by atoms with Gasteiger partial charge in [0.15, 0.2) is 17.0 Å². The lowest BCUT2D eigenvalue weighted by atomic mass is 10.1. The van der Waals surface area contributed by atoms with Gasteiger partial charge in [-0.1, -0.05) is 35.3 Å². The number of carboxylic acids is 1. The van der Waals surface area contributed by atoms with Crippen LogP contribution in [-0.2, 0) is 14.4 Å². The number of imidazole rings is 1. The first kappa shape index (κ1) is 27.3. The minimum atomic E-state index is -1.18. The van der Waals surface area contributed by atoms with Crippen molar-refractivity contribution in [2.45, 2.75) is 6.04 Å². The average molecular weight is 583 g/mol. The van der Waals surface area contributed by atoms with Crippen LogP contribution in [0.2, 0.25) is 10.0 Å². The number of rotatable bonds is 8. The molecule has 40 heavy (non-hydrogen) atoms. The Balaban J connectivity index is 1.54. The molecule has 14 heteroatoms. The summed E-state index contributed by atoms with van der Waals surface area (Å²) in [5.41, 5.74) is 2.41. The number of halogens is 2. The molecule has 0 bridgehead atoms. The lowest BCUT2D eigenvalue weighted by Crippen LogP contribution is -2.59. The number of nitrogens with zero attached hydrogens (tertiary/aromatic N) is 5.